The lowest BCUT2D eigenvalue weighted by Gasteiger charge is -2.26. The molecular weight excluding hydrogens is 168 g/mol. The third-order valence-corrected chi connectivity index (χ3v) is 2.12. The van der Waals surface area contributed by atoms with Gasteiger partial charge in [0.1, 0.15) is 5.78 Å². The summed E-state index contributed by atoms with van der Waals surface area (Å²) in [4.78, 5) is 23.7. The van der Waals surface area contributed by atoms with Crippen molar-refractivity contribution in [1.29, 1.82) is 0 Å². The van der Waals surface area contributed by atoms with E-state index in [0.717, 1.165) is 26.1 Å². The summed E-state index contributed by atoms with van der Waals surface area (Å²) in [6.07, 6.45) is 1.49. The molecule has 0 bridgehead atoms. The number of ketones is 1. The Morgan fingerprint density at radius 1 is 1.62 bits per heavy atom. The van der Waals surface area contributed by atoms with E-state index in [9.17, 15) is 9.59 Å². The summed E-state index contributed by atoms with van der Waals surface area (Å²) < 4.78 is 0. The lowest BCUT2D eigenvalue weighted by Crippen LogP contribution is -2.47. The van der Waals surface area contributed by atoms with Gasteiger partial charge < -0.3 is 10.1 Å². The van der Waals surface area contributed by atoms with E-state index in [1.54, 1.807) is 6.92 Å². The van der Waals surface area contributed by atoms with Gasteiger partial charge in [0.05, 0.1) is 6.54 Å². The number of nitrogens with zero attached hydrogens (tertiary/aromatic N) is 1. The number of hydrogen-bond donors (Lipinski definition) is 1. The SMILES string of the molecule is CC(=O)CCCN1CCNC(=O)C1. The van der Waals surface area contributed by atoms with Crippen molar-refractivity contribution in [3.8, 4) is 0 Å². The van der Waals surface area contributed by atoms with Gasteiger partial charge in [0.25, 0.3) is 0 Å². The number of carbonyl (C=O) groups is 2. The molecule has 1 aliphatic rings. The van der Waals surface area contributed by atoms with Crippen molar-refractivity contribution in [2.45, 2.75) is 19.8 Å². The normalized spacial score (nSPS) is 18.4. The molecule has 13 heavy (non-hydrogen) atoms. The van der Waals surface area contributed by atoms with Gasteiger partial charge in [-0.1, -0.05) is 0 Å². The smallest absolute Gasteiger partial charge is 0.234 e. The van der Waals surface area contributed by atoms with Gasteiger partial charge in [0.2, 0.25) is 5.91 Å². The van der Waals surface area contributed by atoms with E-state index in [1.165, 1.54) is 0 Å². The molecule has 74 valence electrons. The first kappa shape index (κ1) is 10.2. The fourth-order valence-electron chi connectivity index (χ4n) is 1.43. The van der Waals surface area contributed by atoms with Crippen LogP contribution in [0.3, 0.4) is 0 Å². The molecule has 0 aromatic carbocycles. The van der Waals surface area contributed by atoms with Crippen LogP contribution in [-0.2, 0) is 9.59 Å². The van der Waals surface area contributed by atoms with E-state index in [4.69, 9.17) is 0 Å². The van der Waals surface area contributed by atoms with Gasteiger partial charge in [-0.15, -0.1) is 0 Å². The van der Waals surface area contributed by atoms with Crippen molar-refractivity contribution >= 4 is 11.7 Å². The number of hydrogen-bond acceptors (Lipinski definition) is 3. The molecule has 4 heteroatoms. The van der Waals surface area contributed by atoms with Gasteiger partial charge in [0.15, 0.2) is 0 Å². The maximum Gasteiger partial charge on any atom is 0.234 e. The summed E-state index contributed by atoms with van der Waals surface area (Å²) >= 11 is 0. The van der Waals surface area contributed by atoms with E-state index >= 15 is 0 Å². The Kier molecular flexibility index (Phi) is 3.89. The standard InChI is InChI=1S/C9H16N2O2/c1-8(12)3-2-5-11-6-4-10-9(13)7-11/h2-7H2,1H3,(H,10,13). The Bertz CT molecular complexity index is 204. The number of piperazine rings is 1. The summed E-state index contributed by atoms with van der Waals surface area (Å²) in [6.45, 7) is 4.58. The molecule has 1 rings (SSSR count). The highest BCUT2D eigenvalue weighted by atomic mass is 16.2. The van der Waals surface area contributed by atoms with Crippen LogP contribution in [0.2, 0.25) is 0 Å². The zero-order valence-electron chi connectivity index (χ0n) is 8.01. The molecule has 1 heterocycles. The van der Waals surface area contributed by atoms with Gasteiger partial charge >= 0.3 is 0 Å². The molecule has 0 atom stereocenters. The van der Waals surface area contributed by atoms with E-state index in [1.807, 2.05) is 0 Å². The molecule has 0 radical (unpaired) electrons. The van der Waals surface area contributed by atoms with Crippen LogP contribution < -0.4 is 5.32 Å². The molecule has 1 amide bonds. The summed E-state index contributed by atoms with van der Waals surface area (Å²) in [7, 11) is 0. The average Bonchev–Trinajstić information content (AvgIpc) is 2.03. The number of carbonyl (C=O) groups excluding carboxylic acids is 2. The summed E-state index contributed by atoms with van der Waals surface area (Å²) in [6, 6.07) is 0. The van der Waals surface area contributed by atoms with E-state index in [2.05, 4.69) is 10.2 Å². The van der Waals surface area contributed by atoms with Crippen LogP contribution >= 0.6 is 0 Å². The van der Waals surface area contributed by atoms with Crippen LogP contribution in [0.25, 0.3) is 0 Å². The first-order chi connectivity index (χ1) is 6.18. The second-order valence-corrected chi connectivity index (χ2v) is 3.43. The van der Waals surface area contributed by atoms with Crippen molar-refractivity contribution in [3.05, 3.63) is 0 Å². The van der Waals surface area contributed by atoms with Gasteiger partial charge in [-0.05, 0) is 19.9 Å². The molecule has 0 unspecified atom stereocenters. The number of rotatable bonds is 4. The molecule has 0 aromatic rings. The molecule has 0 saturated carbocycles. The molecule has 1 fully saturated rings. The highest BCUT2D eigenvalue weighted by molar-refractivity contribution is 5.78. The monoisotopic (exact) mass is 184 g/mol. The van der Waals surface area contributed by atoms with Gasteiger partial charge in [-0.2, -0.15) is 0 Å². The lowest BCUT2D eigenvalue weighted by atomic mass is 10.2. The quantitative estimate of drug-likeness (QED) is 0.657. The van der Waals surface area contributed by atoms with Gasteiger partial charge in [-0.3, -0.25) is 9.69 Å². The Hall–Kier alpha value is -0.900. The summed E-state index contributed by atoms with van der Waals surface area (Å²) in [5, 5.41) is 2.76. The van der Waals surface area contributed by atoms with Gasteiger partial charge in [0, 0.05) is 19.5 Å². The second kappa shape index (κ2) is 4.97. The van der Waals surface area contributed by atoms with Crippen molar-refractivity contribution in [3.63, 3.8) is 0 Å². The third-order valence-electron chi connectivity index (χ3n) is 2.12. The molecular formula is C9H16N2O2. The van der Waals surface area contributed by atoms with Crippen molar-refractivity contribution in [2.75, 3.05) is 26.2 Å². The van der Waals surface area contributed by atoms with E-state index < -0.39 is 0 Å². The molecule has 4 nitrogen and oxygen atoms in total. The molecule has 0 spiro atoms. The zero-order chi connectivity index (χ0) is 9.68. The second-order valence-electron chi connectivity index (χ2n) is 3.43. The number of Topliss-reactive ketones (excluding diaryl/α,β-unsaturated/α-hetero) is 1. The Morgan fingerprint density at radius 2 is 2.38 bits per heavy atom. The maximum atomic E-state index is 11.0. The average molecular weight is 184 g/mol. The minimum atomic E-state index is 0.0917. The topological polar surface area (TPSA) is 49.4 Å². The van der Waals surface area contributed by atoms with Crippen LogP contribution in [0.15, 0.2) is 0 Å². The van der Waals surface area contributed by atoms with Crippen LogP contribution in [0, 0.1) is 0 Å². The molecule has 0 aliphatic carbocycles. The van der Waals surface area contributed by atoms with Crippen LogP contribution in [-0.4, -0.2) is 42.8 Å². The minimum absolute atomic E-state index is 0.0917. The predicted octanol–water partition coefficient (Wildman–Crippen LogP) is -0.213. The number of amides is 1. The fourth-order valence-corrected chi connectivity index (χ4v) is 1.43. The zero-order valence-corrected chi connectivity index (χ0v) is 8.01. The van der Waals surface area contributed by atoms with Crippen LogP contribution in [0.4, 0.5) is 0 Å². The Morgan fingerprint density at radius 3 is 3.00 bits per heavy atom. The largest absolute Gasteiger partial charge is 0.354 e. The maximum absolute atomic E-state index is 11.0. The number of nitrogens with one attached hydrogen (secondary N) is 1. The lowest BCUT2D eigenvalue weighted by molar-refractivity contribution is -0.124. The summed E-state index contributed by atoms with van der Waals surface area (Å²) in [5.41, 5.74) is 0. The molecule has 1 saturated heterocycles. The molecule has 1 N–H and O–H groups in total. The van der Waals surface area contributed by atoms with Gasteiger partial charge in [-0.25, -0.2) is 0 Å². The Balaban J connectivity index is 2.13. The Labute approximate surface area is 78.3 Å². The first-order valence-electron chi connectivity index (χ1n) is 4.67. The van der Waals surface area contributed by atoms with Crippen LogP contribution in [0.5, 0.6) is 0 Å². The van der Waals surface area contributed by atoms with Crippen molar-refractivity contribution < 1.29 is 9.59 Å². The third kappa shape index (κ3) is 4.03. The summed E-state index contributed by atoms with van der Waals surface area (Å²) in [5.74, 6) is 0.315. The van der Waals surface area contributed by atoms with E-state index in [0.29, 0.717) is 13.0 Å². The highest BCUT2D eigenvalue weighted by Gasteiger charge is 2.14. The van der Waals surface area contributed by atoms with Crippen molar-refractivity contribution in [1.82, 2.24) is 10.2 Å². The van der Waals surface area contributed by atoms with Crippen LogP contribution in [0.1, 0.15) is 19.8 Å². The minimum Gasteiger partial charge on any atom is -0.354 e. The first-order valence-corrected chi connectivity index (χ1v) is 4.67. The molecule has 0 aromatic heterocycles. The van der Waals surface area contributed by atoms with Crippen molar-refractivity contribution in [2.24, 2.45) is 0 Å². The fraction of sp³-hybridized carbons (Fsp3) is 0.778. The van der Waals surface area contributed by atoms with E-state index in [-0.39, 0.29) is 11.7 Å². The highest BCUT2D eigenvalue weighted by Crippen LogP contribution is 1.98. The predicted molar refractivity (Wildman–Crippen MR) is 49.4 cm³/mol. The molecule has 1 aliphatic heterocycles.